The summed E-state index contributed by atoms with van der Waals surface area (Å²) in [5, 5.41) is 0. The van der Waals surface area contributed by atoms with E-state index in [0.29, 0.717) is 23.0 Å². The molecule has 0 fully saturated rings. The Labute approximate surface area is 153 Å². The molecule has 0 radical (unpaired) electrons. The highest BCUT2D eigenvalue weighted by molar-refractivity contribution is 4.84. The summed E-state index contributed by atoms with van der Waals surface area (Å²) in [6, 6.07) is 0.621. The molecule has 0 aliphatic heterocycles. The van der Waals surface area contributed by atoms with Crippen molar-refractivity contribution in [3.8, 4) is 0 Å². The standard InChI is InChI=1S/C22H47NO/c1-11-20(24-10)16-22(8,14-4)17-23(9)19(6)18(5)15-21(7,12-2)13-3/h18-20H,11-17H2,1-10H3. The van der Waals surface area contributed by atoms with Crippen LogP contribution in [-0.4, -0.2) is 37.7 Å². The molecule has 0 spiro atoms. The number of nitrogens with zero attached hydrogens (tertiary/aromatic N) is 1. The van der Waals surface area contributed by atoms with E-state index in [1.54, 1.807) is 0 Å². The number of rotatable bonds is 13. The lowest BCUT2D eigenvalue weighted by atomic mass is 9.75. The molecule has 146 valence electrons. The molecule has 2 nitrogen and oxygen atoms in total. The van der Waals surface area contributed by atoms with Crippen molar-refractivity contribution in [2.24, 2.45) is 16.7 Å². The quantitative estimate of drug-likeness (QED) is 0.385. The van der Waals surface area contributed by atoms with Gasteiger partial charge in [0.05, 0.1) is 6.10 Å². The van der Waals surface area contributed by atoms with Crippen LogP contribution in [0.5, 0.6) is 0 Å². The topological polar surface area (TPSA) is 12.5 Å². The van der Waals surface area contributed by atoms with E-state index in [-0.39, 0.29) is 0 Å². The fraction of sp³-hybridized carbons (Fsp3) is 1.00. The van der Waals surface area contributed by atoms with Crippen LogP contribution in [0.3, 0.4) is 0 Å². The maximum absolute atomic E-state index is 5.66. The van der Waals surface area contributed by atoms with Crippen LogP contribution in [0, 0.1) is 16.7 Å². The number of hydrogen-bond acceptors (Lipinski definition) is 2. The van der Waals surface area contributed by atoms with Crippen molar-refractivity contribution >= 4 is 0 Å². The van der Waals surface area contributed by atoms with Gasteiger partial charge in [-0.2, -0.15) is 0 Å². The van der Waals surface area contributed by atoms with Gasteiger partial charge in [-0.05, 0) is 56.4 Å². The van der Waals surface area contributed by atoms with Gasteiger partial charge < -0.3 is 9.64 Å². The number of ether oxygens (including phenoxy) is 1. The van der Waals surface area contributed by atoms with E-state index in [0.717, 1.165) is 25.3 Å². The summed E-state index contributed by atoms with van der Waals surface area (Å²) in [5.41, 5.74) is 0.824. The highest BCUT2D eigenvalue weighted by atomic mass is 16.5. The summed E-state index contributed by atoms with van der Waals surface area (Å²) in [6.45, 7) is 20.1. The Balaban J connectivity index is 4.83. The second-order valence-corrected chi connectivity index (χ2v) is 8.99. The molecule has 4 unspecified atom stereocenters. The average Bonchev–Trinajstić information content (AvgIpc) is 2.58. The lowest BCUT2D eigenvalue weighted by Gasteiger charge is -2.41. The van der Waals surface area contributed by atoms with E-state index in [1.807, 2.05) is 7.11 Å². The van der Waals surface area contributed by atoms with Gasteiger partial charge in [0.15, 0.2) is 0 Å². The van der Waals surface area contributed by atoms with Gasteiger partial charge in [0.2, 0.25) is 0 Å². The monoisotopic (exact) mass is 341 g/mol. The highest BCUT2D eigenvalue weighted by Gasteiger charge is 2.32. The number of hydrogen-bond donors (Lipinski definition) is 0. The summed E-state index contributed by atoms with van der Waals surface area (Å²) in [5.74, 6) is 0.727. The Morgan fingerprint density at radius 3 is 1.75 bits per heavy atom. The van der Waals surface area contributed by atoms with Gasteiger partial charge >= 0.3 is 0 Å². The second kappa shape index (κ2) is 10.8. The molecule has 0 aromatic heterocycles. The van der Waals surface area contributed by atoms with Gasteiger partial charge in [-0.3, -0.25) is 0 Å². The van der Waals surface area contributed by atoms with Crippen LogP contribution in [0.4, 0.5) is 0 Å². The van der Waals surface area contributed by atoms with Gasteiger partial charge in [0.1, 0.15) is 0 Å². The Hall–Kier alpha value is -0.0800. The molecule has 0 aliphatic rings. The Morgan fingerprint density at radius 1 is 0.875 bits per heavy atom. The molecule has 4 atom stereocenters. The third kappa shape index (κ3) is 7.44. The van der Waals surface area contributed by atoms with Gasteiger partial charge in [-0.25, -0.2) is 0 Å². The van der Waals surface area contributed by atoms with Crippen LogP contribution >= 0.6 is 0 Å². The molecule has 0 aromatic rings. The van der Waals surface area contributed by atoms with Crippen LogP contribution in [0.25, 0.3) is 0 Å². The lowest BCUT2D eigenvalue weighted by molar-refractivity contribution is 0.0282. The van der Waals surface area contributed by atoms with E-state index in [4.69, 9.17) is 4.74 Å². The van der Waals surface area contributed by atoms with Crippen LogP contribution < -0.4 is 0 Å². The molecule has 0 heterocycles. The molecule has 0 rings (SSSR count). The van der Waals surface area contributed by atoms with Crippen molar-refractivity contribution in [2.45, 2.75) is 106 Å². The predicted molar refractivity (Wildman–Crippen MR) is 109 cm³/mol. The first-order valence-electron chi connectivity index (χ1n) is 10.3. The average molecular weight is 342 g/mol. The third-order valence-electron chi connectivity index (χ3n) is 7.03. The van der Waals surface area contributed by atoms with E-state index in [9.17, 15) is 0 Å². The molecule has 0 bridgehead atoms. The maximum Gasteiger partial charge on any atom is 0.0574 e. The molecule has 0 saturated carbocycles. The summed E-state index contributed by atoms with van der Waals surface area (Å²) >= 11 is 0. The van der Waals surface area contributed by atoms with Gasteiger partial charge in [0, 0.05) is 19.7 Å². The van der Waals surface area contributed by atoms with Crippen LogP contribution in [0.1, 0.15) is 93.9 Å². The zero-order valence-corrected chi connectivity index (χ0v) is 18.5. The van der Waals surface area contributed by atoms with Crippen molar-refractivity contribution in [3.05, 3.63) is 0 Å². The molecule has 24 heavy (non-hydrogen) atoms. The van der Waals surface area contributed by atoms with Crippen LogP contribution in [0.2, 0.25) is 0 Å². The van der Waals surface area contributed by atoms with Gasteiger partial charge in [-0.1, -0.05) is 61.3 Å². The van der Waals surface area contributed by atoms with Crippen LogP contribution in [0.15, 0.2) is 0 Å². The molecule has 0 aliphatic carbocycles. The molecule has 0 aromatic carbocycles. The Morgan fingerprint density at radius 2 is 1.38 bits per heavy atom. The Kier molecular flexibility index (Phi) is 10.8. The van der Waals surface area contributed by atoms with Crippen molar-refractivity contribution in [1.82, 2.24) is 4.90 Å². The molecule has 0 saturated heterocycles. The molecular weight excluding hydrogens is 294 g/mol. The minimum absolute atomic E-state index is 0.332. The summed E-state index contributed by atoms with van der Waals surface area (Å²) in [6.07, 6.45) is 7.74. The SMILES string of the molecule is CCC(CC(C)(CC)CN(C)C(C)C(C)CC(C)(CC)CC)OC. The lowest BCUT2D eigenvalue weighted by Crippen LogP contribution is -2.43. The number of methoxy groups -OCH3 is 1. The molecule has 2 heteroatoms. The summed E-state index contributed by atoms with van der Waals surface area (Å²) < 4.78 is 5.66. The van der Waals surface area contributed by atoms with Crippen molar-refractivity contribution in [1.29, 1.82) is 0 Å². The van der Waals surface area contributed by atoms with E-state index in [1.165, 1.54) is 25.7 Å². The van der Waals surface area contributed by atoms with Crippen molar-refractivity contribution in [2.75, 3.05) is 20.7 Å². The first kappa shape index (κ1) is 23.9. The minimum atomic E-state index is 0.332. The smallest absolute Gasteiger partial charge is 0.0574 e. The van der Waals surface area contributed by atoms with Gasteiger partial charge in [0.25, 0.3) is 0 Å². The van der Waals surface area contributed by atoms with E-state index in [2.05, 4.69) is 67.3 Å². The molecule has 0 N–H and O–H groups in total. The van der Waals surface area contributed by atoms with Crippen LogP contribution in [-0.2, 0) is 4.74 Å². The minimum Gasteiger partial charge on any atom is -0.381 e. The predicted octanol–water partition coefficient (Wildman–Crippen LogP) is 6.39. The first-order valence-corrected chi connectivity index (χ1v) is 10.3. The first-order chi connectivity index (χ1) is 11.1. The normalized spacial score (nSPS) is 19.1. The van der Waals surface area contributed by atoms with Crippen molar-refractivity contribution in [3.63, 3.8) is 0 Å². The fourth-order valence-electron chi connectivity index (χ4n) is 3.93. The Bertz CT molecular complexity index is 322. The van der Waals surface area contributed by atoms with E-state index >= 15 is 0 Å². The fourth-order valence-corrected chi connectivity index (χ4v) is 3.93. The second-order valence-electron chi connectivity index (χ2n) is 8.99. The summed E-state index contributed by atoms with van der Waals surface area (Å²) in [4.78, 5) is 2.60. The van der Waals surface area contributed by atoms with Crippen molar-refractivity contribution < 1.29 is 4.74 Å². The zero-order valence-electron chi connectivity index (χ0n) is 18.5. The van der Waals surface area contributed by atoms with Gasteiger partial charge in [-0.15, -0.1) is 0 Å². The largest absolute Gasteiger partial charge is 0.381 e. The molecule has 0 amide bonds. The third-order valence-corrected chi connectivity index (χ3v) is 7.03. The highest BCUT2D eigenvalue weighted by Crippen LogP contribution is 2.36. The molecular formula is C22H47NO. The maximum atomic E-state index is 5.66. The summed E-state index contributed by atoms with van der Waals surface area (Å²) in [7, 11) is 4.17. The zero-order chi connectivity index (χ0) is 19.0. The van der Waals surface area contributed by atoms with E-state index < -0.39 is 0 Å².